The van der Waals surface area contributed by atoms with Crippen LogP contribution in [0.2, 0.25) is 0 Å². The number of hydrogen-bond donors (Lipinski definition) is 0. The fourth-order valence-corrected chi connectivity index (χ4v) is 11.2. The molecule has 0 fully saturated rings. The van der Waals surface area contributed by atoms with Crippen molar-refractivity contribution < 1.29 is 0 Å². The number of hydrogen-bond acceptors (Lipinski definition) is 3. The molecule has 8 rings (SSSR count). The summed E-state index contributed by atoms with van der Waals surface area (Å²) >= 11 is 0. The third-order valence-corrected chi connectivity index (χ3v) is 14.0. The van der Waals surface area contributed by atoms with Crippen molar-refractivity contribution in [1.29, 1.82) is 0 Å². The van der Waals surface area contributed by atoms with Crippen LogP contribution >= 0.6 is 7.92 Å². The van der Waals surface area contributed by atoms with Gasteiger partial charge in [0.1, 0.15) is 0 Å². The van der Waals surface area contributed by atoms with Crippen LogP contribution in [0.4, 0.5) is 0 Å². The van der Waals surface area contributed by atoms with E-state index in [1.54, 1.807) is 0 Å². The molecule has 284 valence electrons. The van der Waals surface area contributed by atoms with Gasteiger partial charge in [-0.1, -0.05) is 195 Å². The van der Waals surface area contributed by atoms with Crippen molar-refractivity contribution >= 4 is 29.6 Å². The van der Waals surface area contributed by atoms with Gasteiger partial charge in [-0.15, -0.1) is 0 Å². The predicted molar refractivity (Wildman–Crippen MR) is 246 cm³/mol. The quantitative estimate of drug-likeness (QED) is 0.138. The second-order valence-corrected chi connectivity index (χ2v) is 19.9. The molecule has 0 bridgehead atoms. The summed E-state index contributed by atoms with van der Waals surface area (Å²) in [6.45, 7) is 14.2. The molecule has 0 amide bonds. The second kappa shape index (κ2) is 16.2. The molecule has 6 aromatic carbocycles. The Balaban J connectivity index is 1.19. The maximum Gasteiger partial charge on any atom is 0.164 e. The van der Waals surface area contributed by atoms with E-state index in [0.29, 0.717) is 17.5 Å². The summed E-state index contributed by atoms with van der Waals surface area (Å²) < 4.78 is 0. The molecule has 1 heterocycles. The van der Waals surface area contributed by atoms with Gasteiger partial charge in [0, 0.05) is 16.7 Å². The Hall–Kier alpha value is -5.50. The standard InChI is InChI=1S/C53H52N3P/c1-52(2,3)35-57(36-53(4,5)6)44-24-15-23-42(33-44)37-27-29-41(30-28-37)50-54-49(40-20-11-8-12-21-40)55-51(56-50)43-31-32-47(48(34-43)39-17-9-7-10-18-39)46-26-16-22-38-19-13-14-25-45(38)46/h7,9-11,13-34H,8,12,35-36H2,1-6H3. The van der Waals surface area contributed by atoms with E-state index in [0.717, 1.165) is 40.7 Å². The number of fused-ring (bicyclic) bond motifs is 1. The molecule has 0 saturated heterocycles. The van der Waals surface area contributed by atoms with Crippen LogP contribution in [0.3, 0.4) is 0 Å². The first-order valence-corrected chi connectivity index (χ1v) is 22.0. The predicted octanol–water partition coefficient (Wildman–Crippen LogP) is 14.3. The smallest absolute Gasteiger partial charge is 0.164 e. The lowest BCUT2D eigenvalue weighted by molar-refractivity contribution is 0.460. The van der Waals surface area contributed by atoms with Crippen molar-refractivity contribution in [3.63, 3.8) is 0 Å². The van der Waals surface area contributed by atoms with Crippen molar-refractivity contribution in [3.05, 3.63) is 164 Å². The van der Waals surface area contributed by atoms with E-state index in [4.69, 9.17) is 15.0 Å². The third kappa shape index (κ3) is 9.06. The van der Waals surface area contributed by atoms with Crippen LogP contribution in [-0.2, 0) is 0 Å². The van der Waals surface area contributed by atoms with Gasteiger partial charge in [0.2, 0.25) is 0 Å². The molecule has 0 atom stereocenters. The van der Waals surface area contributed by atoms with Gasteiger partial charge in [0.25, 0.3) is 0 Å². The molecule has 0 aliphatic heterocycles. The highest BCUT2D eigenvalue weighted by molar-refractivity contribution is 7.65. The van der Waals surface area contributed by atoms with Gasteiger partial charge >= 0.3 is 0 Å². The fourth-order valence-electron chi connectivity index (χ4n) is 7.86. The summed E-state index contributed by atoms with van der Waals surface area (Å²) in [4.78, 5) is 15.4. The molecule has 0 spiro atoms. The topological polar surface area (TPSA) is 38.7 Å². The van der Waals surface area contributed by atoms with Crippen LogP contribution in [0.5, 0.6) is 0 Å². The van der Waals surface area contributed by atoms with Crippen LogP contribution in [0.1, 0.15) is 60.2 Å². The molecular formula is C53H52N3P. The summed E-state index contributed by atoms with van der Waals surface area (Å²) in [5.41, 5.74) is 10.7. The zero-order valence-electron chi connectivity index (χ0n) is 34.1. The van der Waals surface area contributed by atoms with Crippen LogP contribution in [0.15, 0.2) is 158 Å². The van der Waals surface area contributed by atoms with Crippen LogP contribution in [-0.4, -0.2) is 27.3 Å². The Morgan fingerprint density at radius 2 is 1.09 bits per heavy atom. The minimum atomic E-state index is -0.296. The Kier molecular flexibility index (Phi) is 10.9. The number of nitrogens with zero attached hydrogens (tertiary/aromatic N) is 3. The van der Waals surface area contributed by atoms with Gasteiger partial charge in [-0.05, 0) is 97.6 Å². The molecular weight excluding hydrogens is 710 g/mol. The van der Waals surface area contributed by atoms with Crippen molar-refractivity contribution in [2.45, 2.75) is 54.4 Å². The molecule has 7 aromatic rings. The molecule has 57 heavy (non-hydrogen) atoms. The lowest BCUT2D eigenvalue weighted by Crippen LogP contribution is -2.22. The molecule has 1 aromatic heterocycles. The molecule has 0 N–H and O–H groups in total. The van der Waals surface area contributed by atoms with E-state index in [1.165, 1.54) is 50.7 Å². The Labute approximate surface area is 340 Å². The van der Waals surface area contributed by atoms with Crippen LogP contribution < -0.4 is 5.30 Å². The molecule has 0 saturated carbocycles. The number of aromatic nitrogens is 3. The van der Waals surface area contributed by atoms with E-state index in [2.05, 4.69) is 199 Å². The van der Waals surface area contributed by atoms with E-state index < -0.39 is 0 Å². The summed E-state index contributed by atoms with van der Waals surface area (Å²) in [6.07, 6.45) is 11.0. The number of allylic oxidation sites excluding steroid dienone is 4. The summed E-state index contributed by atoms with van der Waals surface area (Å²) in [7, 11) is -0.296. The zero-order chi connectivity index (χ0) is 39.6. The van der Waals surface area contributed by atoms with Gasteiger partial charge in [-0.2, -0.15) is 0 Å². The summed E-state index contributed by atoms with van der Waals surface area (Å²) in [5.74, 6) is 2.04. The van der Waals surface area contributed by atoms with E-state index in [-0.39, 0.29) is 18.8 Å². The highest BCUT2D eigenvalue weighted by Gasteiger charge is 2.25. The average Bonchev–Trinajstić information content (AvgIpc) is 3.22. The highest BCUT2D eigenvalue weighted by atomic mass is 31.1. The second-order valence-electron chi connectivity index (χ2n) is 17.7. The Morgan fingerprint density at radius 3 is 1.81 bits per heavy atom. The first kappa shape index (κ1) is 38.4. The average molecular weight is 762 g/mol. The first-order chi connectivity index (χ1) is 27.5. The monoisotopic (exact) mass is 761 g/mol. The van der Waals surface area contributed by atoms with Crippen molar-refractivity contribution in [3.8, 4) is 56.2 Å². The van der Waals surface area contributed by atoms with Crippen molar-refractivity contribution in [1.82, 2.24) is 15.0 Å². The first-order valence-electron chi connectivity index (χ1n) is 20.2. The zero-order valence-corrected chi connectivity index (χ0v) is 35.0. The number of benzene rings is 6. The van der Waals surface area contributed by atoms with Crippen molar-refractivity contribution in [2.75, 3.05) is 12.3 Å². The van der Waals surface area contributed by atoms with E-state index in [1.807, 2.05) is 0 Å². The maximum atomic E-state index is 5.19. The third-order valence-electron chi connectivity index (χ3n) is 10.3. The molecule has 1 aliphatic rings. The number of rotatable bonds is 9. The minimum Gasteiger partial charge on any atom is -0.208 e. The molecule has 3 nitrogen and oxygen atoms in total. The van der Waals surface area contributed by atoms with Gasteiger partial charge in [0.15, 0.2) is 17.5 Å². The van der Waals surface area contributed by atoms with Crippen LogP contribution in [0, 0.1) is 10.8 Å². The normalized spacial score (nSPS) is 13.3. The lowest BCUT2D eigenvalue weighted by Gasteiger charge is -2.32. The van der Waals surface area contributed by atoms with Gasteiger partial charge in [-0.25, -0.2) is 15.0 Å². The fraction of sp³-hybridized carbons (Fsp3) is 0.226. The molecule has 0 unspecified atom stereocenters. The summed E-state index contributed by atoms with van der Waals surface area (Å²) in [6, 6.07) is 50.5. The highest BCUT2D eigenvalue weighted by Crippen LogP contribution is 2.46. The maximum absolute atomic E-state index is 5.19. The molecule has 1 aliphatic carbocycles. The Morgan fingerprint density at radius 1 is 0.474 bits per heavy atom. The van der Waals surface area contributed by atoms with Crippen LogP contribution in [0.25, 0.3) is 72.5 Å². The van der Waals surface area contributed by atoms with Gasteiger partial charge < -0.3 is 0 Å². The Bertz CT molecular complexity index is 2570. The van der Waals surface area contributed by atoms with Crippen molar-refractivity contribution in [2.24, 2.45) is 10.8 Å². The van der Waals surface area contributed by atoms with E-state index in [9.17, 15) is 0 Å². The SMILES string of the molecule is CC(C)(C)CP(CC(C)(C)C)c1cccc(-c2ccc(-c3nc(C4=CCCC=C4)nc(-c4ccc(-c5cccc6ccccc56)c(-c5ccccc5)c4)n3)cc2)c1. The minimum absolute atomic E-state index is 0.280. The summed E-state index contributed by atoms with van der Waals surface area (Å²) in [5, 5.41) is 3.94. The lowest BCUT2D eigenvalue weighted by atomic mass is 9.90. The molecule has 0 radical (unpaired) electrons. The van der Waals surface area contributed by atoms with Gasteiger partial charge in [0.05, 0.1) is 0 Å². The largest absolute Gasteiger partial charge is 0.208 e. The van der Waals surface area contributed by atoms with Gasteiger partial charge in [-0.3, -0.25) is 0 Å². The molecule has 4 heteroatoms. The van der Waals surface area contributed by atoms with E-state index >= 15 is 0 Å².